The molecule has 2 aromatic rings. The largest absolute Gasteiger partial charge is 0.478 e. The Balaban J connectivity index is 0.000000410. The highest BCUT2D eigenvalue weighted by Crippen LogP contribution is 2.11. The number of carbonyl (C=O) groups is 4. The van der Waals surface area contributed by atoms with E-state index in [1.165, 1.54) is 82.1 Å². The Bertz CT molecular complexity index is 1060. The summed E-state index contributed by atoms with van der Waals surface area (Å²) in [5.74, 6) is -3.00. The van der Waals surface area contributed by atoms with Gasteiger partial charge in [0.15, 0.2) is 0 Å². The Labute approximate surface area is 244 Å². The second-order valence-corrected chi connectivity index (χ2v) is 9.93. The van der Waals surface area contributed by atoms with E-state index in [4.69, 9.17) is 19.7 Å². The van der Waals surface area contributed by atoms with Crippen molar-refractivity contribution < 1.29 is 38.9 Å². The van der Waals surface area contributed by atoms with Crippen molar-refractivity contribution in [1.82, 2.24) is 0 Å². The van der Waals surface area contributed by atoms with Gasteiger partial charge in [0.05, 0.1) is 35.5 Å². The first-order valence-electron chi connectivity index (χ1n) is 14.8. The molecule has 8 heteroatoms. The maximum Gasteiger partial charge on any atom is 0.338 e. The van der Waals surface area contributed by atoms with E-state index >= 15 is 0 Å². The smallest absolute Gasteiger partial charge is 0.338 e. The van der Waals surface area contributed by atoms with E-state index in [1.54, 1.807) is 24.3 Å². The van der Waals surface area contributed by atoms with Gasteiger partial charge in [-0.1, -0.05) is 96.6 Å². The van der Waals surface area contributed by atoms with Crippen LogP contribution in [0.1, 0.15) is 139 Å². The summed E-state index contributed by atoms with van der Waals surface area (Å²) in [6.45, 7) is 5.15. The van der Waals surface area contributed by atoms with Gasteiger partial charge in [0.2, 0.25) is 0 Å². The van der Waals surface area contributed by atoms with Crippen LogP contribution < -0.4 is 0 Å². The monoisotopic (exact) mass is 570 g/mol. The maximum absolute atomic E-state index is 11.8. The normalized spacial score (nSPS) is 10.3. The van der Waals surface area contributed by atoms with Crippen molar-refractivity contribution in [3.63, 3.8) is 0 Å². The molecule has 0 bridgehead atoms. The van der Waals surface area contributed by atoms with E-state index in [1.807, 2.05) is 0 Å². The van der Waals surface area contributed by atoms with Crippen LogP contribution in [0.5, 0.6) is 0 Å². The van der Waals surface area contributed by atoms with E-state index in [0.29, 0.717) is 13.2 Å². The van der Waals surface area contributed by atoms with Crippen LogP contribution in [0.25, 0.3) is 0 Å². The Morgan fingerprint density at radius 1 is 0.512 bits per heavy atom. The number of rotatable bonds is 19. The third kappa shape index (κ3) is 16.2. The van der Waals surface area contributed by atoms with Gasteiger partial charge in [0, 0.05) is 0 Å². The number of aromatic carboxylic acids is 2. The second kappa shape index (κ2) is 22.1. The number of carboxylic acids is 2. The molecule has 0 saturated heterocycles. The van der Waals surface area contributed by atoms with E-state index in [9.17, 15) is 19.2 Å². The molecule has 0 amide bonds. The first-order chi connectivity index (χ1) is 19.8. The first kappa shape index (κ1) is 35.3. The van der Waals surface area contributed by atoms with Gasteiger partial charge in [-0.25, -0.2) is 19.2 Å². The molecular weight excluding hydrogens is 524 g/mol. The summed E-state index contributed by atoms with van der Waals surface area (Å²) in [6.07, 6.45) is 14.9. The number of hydrogen-bond acceptors (Lipinski definition) is 6. The number of ether oxygens (including phenoxy) is 2. The lowest BCUT2D eigenvalue weighted by Gasteiger charge is -2.05. The number of hydrogen-bond donors (Lipinski definition) is 2. The summed E-state index contributed by atoms with van der Waals surface area (Å²) < 4.78 is 10.3. The quantitative estimate of drug-likeness (QED) is 0.128. The molecule has 0 fully saturated rings. The minimum Gasteiger partial charge on any atom is -0.478 e. The molecule has 0 unspecified atom stereocenters. The summed E-state index contributed by atoms with van der Waals surface area (Å²) in [6, 6.07) is 11.8. The standard InChI is InChI=1S/C17H24O4.C16H22O4/c1-2-3-4-5-6-7-8-12-21-17(20)15-11-9-10-14(13-15)16(18)19;1-2-3-4-5-6-7-11-20-16(19)14-10-8-9-13(12-14)15(17)18/h9-11,13H,2-8,12H2,1H3,(H,18,19);8-10,12H,2-7,11H2,1H3,(H,17,18). The molecule has 0 saturated carbocycles. The summed E-state index contributed by atoms with van der Waals surface area (Å²) in [7, 11) is 0. The molecule has 0 radical (unpaired) electrons. The van der Waals surface area contributed by atoms with E-state index < -0.39 is 23.9 Å². The minimum atomic E-state index is -1.05. The van der Waals surface area contributed by atoms with Crippen LogP contribution in [-0.2, 0) is 9.47 Å². The van der Waals surface area contributed by atoms with Crippen LogP contribution in [0.4, 0.5) is 0 Å². The molecule has 0 heterocycles. The second-order valence-electron chi connectivity index (χ2n) is 9.93. The Morgan fingerprint density at radius 2 is 0.829 bits per heavy atom. The average Bonchev–Trinajstić information content (AvgIpc) is 2.98. The lowest BCUT2D eigenvalue weighted by Crippen LogP contribution is -2.08. The Morgan fingerprint density at radius 3 is 1.17 bits per heavy atom. The third-order valence-corrected chi connectivity index (χ3v) is 6.40. The van der Waals surface area contributed by atoms with E-state index in [0.717, 1.165) is 25.7 Å². The van der Waals surface area contributed by atoms with Gasteiger partial charge in [-0.3, -0.25) is 0 Å². The molecule has 0 aromatic heterocycles. The van der Waals surface area contributed by atoms with Crippen molar-refractivity contribution in [3.05, 3.63) is 70.8 Å². The van der Waals surface area contributed by atoms with E-state index in [2.05, 4.69) is 13.8 Å². The van der Waals surface area contributed by atoms with Crippen molar-refractivity contribution in [3.8, 4) is 0 Å². The fourth-order valence-corrected chi connectivity index (χ4v) is 4.00. The van der Waals surface area contributed by atoms with Crippen molar-refractivity contribution in [2.45, 2.75) is 97.3 Å². The van der Waals surface area contributed by atoms with Gasteiger partial charge in [-0.2, -0.15) is 0 Å². The first-order valence-corrected chi connectivity index (χ1v) is 14.8. The van der Waals surface area contributed by atoms with Gasteiger partial charge >= 0.3 is 23.9 Å². The molecule has 8 nitrogen and oxygen atoms in total. The van der Waals surface area contributed by atoms with Crippen LogP contribution in [0, 0.1) is 0 Å². The molecule has 0 aliphatic carbocycles. The number of unbranched alkanes of at least 4 members (excludes halogenated alkanes) is 11. The molecular formula is C33H46O8. The zero-order valence-electron chi connectivity index (χ0n) is 24.6. The molecule has 0 aliphatic heterocycles. The van der Waals surface area contributed by atoms with Crippen LogP contribution in [0.2, 0.25) is 0 Å². The van der Waals surface area contributed by atoms with Crippen LogP contribution in [0.15, 0.2) is 48.5 Å². The highest BCUT2D eigenvalue weighted by atomic mass is 16.5. The highest BCUT2D eigenvalue weighted by Gasteiger charge is 2.11. The molecule has 226 valence electrons. The average molecular weight is 571 g/mol. The Hall–Kier alpha value is -3.68. The van der Waals surface area contributed by atoms with Crippen molar-refractivity contribution >= 4 is 23.9 Å². The Kier molecular flexibility index (Phi) is 19.0. The van der Waals surface area contributed by atoms with Crippen molar-refractivity contribution in [2.24, 2.45) is 0 Å². The lowest BCUT2D eigenvalue weighted by molar-refractivity contribution is 0.0488. The molecule has 2 aromatic carbocycles. The fraction of sp³-hybridized carbons (Fsp3) is 0.515. The molecule has 0 aliphatic rings. The molecule has 2 N–H and O–H groups in total. The van der Waals surface area contributed by atoms with Gasteiger partial charge in [-0.15, -0.1) is 0 Å². The lowest BCUT2D eigenvalue weighted by atomic mass is 10.1. The summed E-state index contributed by atoms with van der Waals surface area (Å²) in [4.78, 5) is 45.2. The summed E-state index contributed by atoms with van der Waals surface area (Å²) in [5.41, 5.74) is 0.771. The zero-order valence-corrected chi connectivity index (χ0v) is 24.6. The maximum atomic E-state index is 11.8. The van der Waals surface area contributed by atoms with E-state index in [-0.39, 0.29) is 22.3 Å². The number of esters is 2. The summed E-state index contributed by atoms with van der Waals surface area (Å²) >= 11 is 0. The fourth-order valence-electron chi connectivity index (χ4n) is 4.00. The van der Waals surface area contributed by atoms with Crippen LogP contribution in [-0.4, -0.2) is 47.3 Å². The van der Waals surface area contributed by atoms with Gasteiger partial charge in [0.25, 0.3) is 0 Å². The molecule has 41 heavy (non-hydrogen) atoms. The van der Waals surface area contributed by atoms with Crippen LogP contribution in [0.3, 0.4) is 0 Å². The topological polar surface area (TPSA) is 127 Å². The SMILES string of the molecule is CCCCCCCCCOC(=O)c1cccc(C(=O)O)c1.CCCCCCCCOC(=O)c1cccc(C(=O)O)c1. The zero-order chi connectivity index (χ0) is 30.3. The highest BCUT2D eigenvalue weighted by molar-refractivity contribution is 5.95. The van der Waals surface area contributed by atoms with Gasteiger partial charge in [-0.05, 0) is 49.2 Å². The molecule has 0 spiro atoms. The third-order valence-electron chi connectivity index (χ3n) is 6.40. The van der Waals surface area contributed by atoms with Crippen molar-refractivity contribution in [2.75, 3.05) is 13.2 Å². The predicted octanol–water partition coefficient (Wildman–Crippen LogP) is 8.19. The van der Waals surface area contributed by atoms with Crippen LogP contribution >= 0.6 is 0 Å². The van der Waals surface area contributed by atoms with Gasteiger partial charge in [0.1, 0.15) is 0 Å². The number of benzene rings is 2. The number of carbonyl (C=O) groups excluding carboxylic acids is 2. The predicted molar refractivity (Wildman–Crippen MR) is 159 cm³/mol. The molecule has 2 rings (SSSR count). The summed E-state index contributed by atoms with van der Waals surface area (Å²) in [5, 5.41) is 17.7. The number of carboxylic acid groups (broad SMARTS) is 2. The molecule has 0 atom stereocenters. The minimum absolute atomic E-state index is 0.0963. The van der Waals surface area contributed by atoms with Gasteiger partial charge < -0.3 is 19.7 Å². The van der Waals surface area contributed by atoms with Crippen molar-refractivity contribution in [1.29, 1.82) is 0 Å².